The number of carbonyl (C=O) groups is 2. The molecule has 0 saturated carbocycles. The van der Waals surface area contributed by atoms with Crippen molar-refractivity contribution in [1.82, 2.24) is 10.6 Å². The molecule has 0 radical (unpaired) electrons. The number of hydrogen-bond acceptors (Lipinski definition) is 2. The van der Waals surface area contributed by atoms with Crippen molar-refractivity contribution in [3.05, 3.63) is 35.4 Å². The lowest BCUT2D eigenvalue weighted by Crippen LogP contribution is -3.09. The van der Waals surface area contributed by atoms with Crippen LogP contribution in [0.15, 0.2) is 24.3 Å². The molecule has 5 nitrogen and oxygen atoms in total. The molecule has 0 aliphatic rings. The number of unbranched alkanes of at least 4 members (excludes halogenated alkanes) is 1. The van der Waals surface area contributed by atoms with Crippen LogP contribution in [-0.4, -0.2) is 32.1 Å². The van der Waals surface area contributed by atoms with Gasteiger partial charge in [-0.2, -0.15) is 0 Å². The van der Waals surface area contributed by atoms with Crippen LogP contribution in [0.5, 0.6) is 0 Å². The summed E-state index contributed by atoms with van der Waals surface area (Å²) >= 11 is 0. The number of benzene rings is 1. The average molecular weight is 334 g/mol. The Balaban J connectivity index is 2.41. The summed E-state index contributed by atoms with van der Waals surface area (Å²) in [5.41, 5.74) is 2.62. The third kappa shape index (κ3) is 7.59. The molecule has 3 N–H and O–H groups in total. The van der Waals surface area contributed by atoms with E-state index in [1.54, 1.807) is 0 Å². The van der Waals surface area contributed by atoms with Gasteiger partial charge in [-0.15, -0.1) is 0 Å². The van der Waals surface area contributed by atoms with Gasteiger partial charge in [0.05, 0.1) is 7.05 Å². The minimum atomic E-state index is -0.407. The highest BCUT2D eigenvalue weighted by Crippen LogP contribution is 2.21. The highest BCUT2D eigenvalue weighted by molar-refractivity contribution is 5.94. The second-order valence-electron chi connectivity index (χ2n) is 7.42. The van der Waals surface area contributed by atoms with Crippen LogP contribution in [0.3, 0.4) is 0 Å². The van der Waals surface area contributed by atoms with Gasteiger partial charge in [0.15, 0.2) is 6.54 Å². The number of amides is 3. The summed E-state index contributed by atoms with van der Waals surface area (Å²) < 4.78 is 0. The smallest absolute Gasteiger partial charge is 0.321 e. The van der Waals surface area contributed by atoms with E-state index < -0.39 is 6.03 Å². The molecule has 1 aromatic carbocycles. The van der Waals surface area contributed by atoms with Gasteiger partial charge in [-0.3, -0.25) is 10.1 Å². The first-order valence-electron chi connectivity index (χ1n) is 8.70. The second-order valence-corrected chi connectivity index (χ2v) is 7.42. The first-order valence-corrected chi connectivity index (χ1v) is 8.70. The van der Waals surface area contributed by atoms with E-state index in [-0.39, 0.29) is 17.9 Å². The third-order valence-corrected chi connectivity index (χ3v) is 3.86. The van der Waals surface area contributed by atoms with Gasteiger partial charge in [-0.05, 0) is 17.4 Å². The molecule has 0 aromatic heterocycles. The molecule has 1 rings (SSSR count). The van der Waals surface area contributed by atoms with Crippen LogP contribution >= 0.6 is 0 Å². The van der Waals surface area contributed by atoms with Crippen molar-refractivity contribution in [2.24, 2.45) is 0 Å². The quantitative estimate of drug-likeness (QED) is 0.664. The molecule has 0 fully saturated rings. The normalized spacial score (nSPS) is 12.5. The maximum atomic E-state index is 11.9. The van der Waals surface area contributed by atoms with Gasteiger partial charge in [0.2, 0.25) is 0 Å². The van der Waals surface area contributed by atoms with E-state index in [4.69, 9.17) is 0 Å². The van der Waals surface area contributed by atoms with E-state index >= 15 is 0 Å². The Morgan fingerprint density at radius 2 is 1.75 bits per heavy atom. The molecule has 0 aliphatic heterocycles. The molecule has 0 saturated heterocycles. The highest BCUT2D eigenvalue weighted by Gasteiger charge is 2.15. The van der Waals surface area contributed by atoms with Gasteiger partial charge >= 0.3 is 6.03 Å². The summed E-state index contributed by atoms with van der Waals surface area (Å²) in [5, 5.41) is 5.05. The number of likely N-dealkylation sites (N-methyl/N-ethyl adjacent to an activating group) is 1. The van der Waals surface area contributed by atoms with Gasteiger partial charge in [0, 0.05) is 12.1 Å². The Bertz CT molecular complexity index is 533. The van der Waals surface area contributed by atoms with Gasteiger partial charge in [-0.25, -0.2) is 4.79 Å². The minimum Gasteiger partial charge on any atom is -0.338 e. The SMILES string of the molecule is CCCCNC(=O)NC(=O)C[NH+](C)Cc1ccc(C(C)(C)C)cc1. The summed E-state index contributed by atoms with van der Waals surface area (Å²) in [5.74, 6) is -0.257. The molecule has 0 spiro atoms. The van der Waals surface area contributed by atoms with Crippen molar-refractivity contribution >= 4 is 11.9 Å². The van der Waals surface area contributed by atoms with Crippen molar-refractivity contribution in [2.75, 3.05) is 20.1 Å². The Kier molecular flexibility index (Phi) is 7.92. The first kappa shape index (κ1) is 20.2. The van der Waals surface area contributed by atoms with E-state index in [0.717, 1.165) is 24.3 Å². The second kappa shape index (κ2) is 9.42. The fraction of sp³-hybridized carbons (Fsp3) is 0.579. The molecule has 3 amide bonds. The summed E-state index contributed by atoms with van der Waals surface area (Å²) in [7, 11) is 1.95. The summed E-state index contributed by atoms with van der Waals surface area (Å²) in [6, 6.07) is 8.10. The van der Waals surface area contributed by atoms with Crippen LogP contribution in [0.4, 0.5) is 4.79 Å². The summed E-state index contributed by atoms with van der Waals surface area (Å²) in [4.78, 5) is 24.5. The average Bonchev–Trinajstić information content (AvgIpc) is 2.46. The largest absolute Gasteiger partial charge is 0.338 e. The van der Waals surface area contributed by atoms with Crippen molar-refractivity contribution in [3.8, 4) is 0 Å². The van der Waals surface area contributed by atoms with Crippen LogP contribution in [-0.2, 0) is 16.8 Å². The Labute approximate surface area is 145 Å². The van der Waals surface area contributed by atoms with Gasteiger partial charge in [0.1, 0.15) is 6.54 Å². The monoisotopic (exact) mass is 334 g/mol. The number of quaternary nitrogens is 1. The van der Waals surface area contributed by atoms with Crippen molar-refractivity contribution in [2.45, 2.75) is 52.5 Å². The molecule has 0 aliphatic carbocycles. The zero-order valence-corrected chi connectivity index (χ0v) is 15.7. The minimum absolute atomic E-state index is 0.141. The van der Waals surface area contributed by atoms with Crippen LogP contribution in [0.1, 0.15) is 51.7 Å². The lowest BCUT2D eigenvalue weighted by molar-refractivity contribution is -0.885. The molecule has 5 heteroatoms. The molecule has 0 heterocycles. The molecule has 134 valence electrons. The summed E-state index contributed by atoms with van der Waals surface area (Å²) in [6.45, 7) is 10.2. The first-order chi connectivity index (χ1) is 11.2. The topological polar surface area (TPSA) is 62.6 Å². The highest BCUT2D eigenvalue weighted by atomic mass is 16.2. The zero-order chi connectivity index (χ0) is 18.2. The predicted molar refractivity (Wildman–Crippen MR) is 97.0 cm³/mol. The van der Waals surface area contributed by atoms with Gasteiger partial charge in [0.25, 0.3) is 5.91 Å². The van der Waals surface area contributed by atoms with Crippen LogP contribution in [0.25, 0.3) is 0 Å². The number of imide groups is 1. The van der Waals surface area contributed by atoms with Crippen LogP contribution < -0.4 is 15.5 Å². The molecular weight excluding hydrogens is 302 g/mol. The third-order valence-electron chi connectivity index (χ3n) is 3.86. The molecule has 1 atom stereocenters. The van der Waals surface area contributed by atoms with E-state index in [1.807, 2.05) is 7.05 Å². The van der Waals surface area contributed by atoms with Crippen molar-refractivity contribution in [3.63, 3.8) is 0 Å². The Hall–Kier alpha value is -1.88. The van der Waals surface area contributed by atoms with E-state index in [2.05, 4.69) is 62.6 Å². The molecule has 1 unspecified atom stereocenters. The number of rotatable bonds is 7. The zero-order valence-electron chi connectivity index (χ0n) is 15.7. The standard InChI is InChI=1S/C19H31N3O2/c1-6-7-12-20-18(24)21-17(23)14-22(5)13-15-8-10-16(11-9-15)19(2,3)4/h8-11H,6-7,12-14H2,1-5H3,(H2,20,21,23,24)/p+1. The van der Waals surface area contributed by atoms with E-state index in [0.29, 0.717) is 6.54 Å². The maximum absolute atomic E-state index is 11.9. The van der Waals surface area contributed by atoms with Crippen LogP contribution in [0, 0.1) is 0 Å². The molecule has 1 aromatic rings. The number of carbonyl (C=O) groups excluding carboxylic acids is 2. The fourth-order valence-corrected chi connectivity index (χ4v) is 2.40. The van der Waals surface area contributed by atoms with Crippen molar-refractivity contribution in [1.29, 1.82) is 0 Å². The molecule has 0 bridgehead atoms. The van der Waals surface area contributed by atoms with E-state index in [9.17, 15) is 9.59 Å². The number of hydrogen-bond donors (Lipinski definition) is 3. The van der Waals surface area contributed by atoms with Crippen molar-refractivity contribution < 1.29 is 14.5 Å². The summed E-state index contributed by atoms with van der Waals surface area (Å²) in [6.07, 6.45) is 1.92. The maximum Gasteiger partial charge on any atom is 0.321 e. The van der Waals surface area contributed by atoms with E-state index in [1.165, 1.54) is 11.1 Å². The lowest BCUT2D eigenvalue weighted by Gasteiger charge is -2.19. The fourth-order valence-electron chi connectivity index (χ4n) is 2.40. The van der Waals surface area contributed by atoms with Crippen LogP contribution in [0.2, 0.25) is 0 Å². The Morgan fingerprint density at radius 3 is 2.29 bits per heavy atom. The van der Waals surface area contributed by atoms with Gasteiger partial charge < -0.3 is 10.2 Å². The van der Waals surface area contributed by atoms with Gasteiger partial charge in [-0.1, -0.05) is 58.4 Å². The number of nitrogens with one attached hydrogen (secondary N) is 3. The Morgan fingerprint density at radius 1 is 1.12 bits per heavy atom. The number of urea groups is 1. The predicted octanol–water partition coefficient (Wildman–Crippen LogP) is 1.62. The molecular formula is C19H32N3O2+. The molecule has 24 heavy (non-hydrogen) atoms. The lowest BCUT2D eigenvalue weighted by atomic mass is 9.87.